The lowest BCUT2D eigenvalue weighted by molar-refractivity contribution is -0.123. The van der Waals surface area contributed by atoms with Gasteiger partial charge in [0.05, 0.1) is 0 Å². The van der Waals surface area contributed by atoms with Gasteiger partial charge in [-0.1, -0.05) is 28.1 Å². The van der Waals surface area contributed by atoms with E-state index in [0.29, 0.717) is 5.69 Å². The Bertz CT molecular complexity index is 696. The van der Waals surface area contributed by atoms with Crippen LogP contribution < -0.4 is 10.6 Å². The fraction of sp³-hybridized carbons (Fsp3) is 0.176. The average Bonchev–Trinajstić information content (AvgIpc) is 2.45. The molecule has 2 aromatic rings. The highest BCUT2D eigenvalue weighted by molar-refractivity contribution is 9.10. The number of benzene rings is 2. The van der Waals surface area contributed by atoms with Crippen LogP contribution in [-0.4, -0.2) is 11.8 Å². The number of amides is 2. The maximum absolute atomic E-state index is 12.0. The molecule has 0 heterocycles. The Hall–Kier alpha value is -2.14. The molecule has 0 saturated carbocycles. The predicted octanol–water partition coefficient (Wildman–Crippen LogP) is 4.03. The first-order valence-electron chi connectivity index (χ1n) is 6.86. The van der Waals surface area contributed by atoms with E-state index in [1.165, 1.54) is 0 Å². The first-order valence-corrected chi connectivity index (χ1v) is 7.66. The van der Waals surface area contributed by atoms with Crippen molar-refractivity contribution < 1.29 is 9.59 Å². The van der Waals surface area contributed by atoms with Crippen LogP contribution in [0.3, 0.4) is 0 Å². The largest absolute Gasteiger partial charge is 0.326 e. The summed E-state index contributed by atoms with van der Waals surface area (Å²) < 4.78 is 0.929. The molecule has 2 N–H and O–H groups in total. The number of carbonyl (C=O) groups excluding carboxylic acids is 2. The van der Waals surface area contributed by atoms with Gasteiger partial charge in [0, 0.05) is 15.8 Å². The first-order chi connectivity index (χ1) is 10.4. The molecule has 0 unspecified atom stereocenters. The molecule has 0 bridgehead atoms. The van der Waals surface area contributed by atoms with Crippen LogP contribution in [0, 0.1) is 13.8 Å². The van der Waals surface area contributed by atoms with E-state index in [9.17, 15) is 9.59 Å². The van der Waals surface area contributed by atoms with Gasteiger partial charge in [-0.15, -0.1) is 0 Å². The van der Waals surface area contributed by atoms with Crippen LogP contribution in [0.5, 0.6) is 0 Å². The summed E-state index contributed by atoms with van der Waals surface area (Å²) in [6.45, 7) is 3.87. The quantitative estimate of drug-likeness (QED) is 0.808. The van der Waals surface area contributed by atoms with Crippen molar-refractivity contribution in [2.45, 2.75) is 20.3 Å². The molecule has 0 aliphatic rings. The third-order valence-electron chi connectivity index (χ3n) is 3.12. The lowest BCUT2D eigenvalue weighted by atomic mass is 10.1. The van der Waals surface area contributed by atoms with Crippen LogP contribution in [0.4, 0.5) is 11.4 Å². The van der Waals surface area contributed by atoms with Crippen LogP contribution >= 0.6 is 15.9 Å². The van der Waals surface area contributed by atoms with Crippen molar-refractivity contribution in [1.29, 1.82) is 0 Å². The van der Waals surface area contributed by atoms with E-state index in [0.717, 1.165) is 21.3 Å². The van der Waals surface area contributed by atoms with Gasteiger partial charge in [-0.2, -0.15) is 0 Å². The van der Waals surface area contributed by atoms with E-state index in [1.807, 2.05) is 44.2 Å². The van der Waals surface area contributed by atoms with E-state index in [2.05, 4.69) is 26.6 Å². The van der Waals surface area contributed by atoms with Gasteiger partial charge >= 0.3 is 0 Å². The van der Waals surface area contributed by atoms with Crippen molar-refractivity contribution in [3.63, 3.8) is 0 Å². The molecule has 5 heteroatoms. The lowest BCUT2D eigenvalue weighted by Gasteiger charge is -2.09. The fourth-order valence-corrected chi connectivity index (χ4v) is 2.21. The van der Waals surface area contributed by atoms with E-state index in [1.54, 1.807) is 12.1 Å². The molecule has 0 aliphatic heterocycles. The van der Waals surface area contributed by atoms with Crippen LogP contribution in [-0.2, 0) is 9.59 Å². The summed E-state index contributed by atoms with van der Waals surface area (Å²) in [5, 5.41) is 5.46. The number of hydrogen-bond donors (Lipinski definition) is 2. The molecular weight excluding hydrogens is 344 g/mol. The molecule has 114 valence electrons. The Kier molecular flexibility index (Phi) is 5.33. The Morgan fingerprint density at radius 3 is 2.27 bits per heavy atom. The van der Waals surface area contributed by atoms with Gasteiger partial charge in [0.15, 0.2) is 0 Å². The van der Waals surface area contributed by atoms with Crippen LogP contribution in [0.15, 0.2) is 46.9 Å². The summed E-state index contributed by atoms with van der Waals surface area (Å²) in [7, 11) is 0. The van der Waals surface area contributed by atoms with E-state index < -0.39 is 0 Å². The van der Waals surface area contributed by atoms with Crippen molar-refractivity contribution in [3.05, 3.63) is 58.1 Å². The smallest absolute Gasteiger partial charge is 0.233 e. The maximum atomic E-state index is 12.0. The van der Waals surface area contributed by atoms with Crippen molar-refractivity contribution in [2.75, 3.05) is 10.6 Å². The number of hydrogen-bond acceptors (Lipinski definition) is 2. The second-order valence-electron chi connectivity index (χ2n) is 5.10. The molecule has 0 atom stereocenters. The van der Waals surface area contributed by atoms with Gasteiger partial charge in [-0.3, -0.25) is 9.59 Å². The molecule has 4 nitrogen and oxygen atoms in total. The summed E-state index contributed by atoms with van der Waals surface area (Å²) in [6, 6.07) is 13.0. The fourth-order valence-electron chi connectivity index (χ4n) is 1.95. The second kappa shape index (κ2) is 7.22. The van der Waals surface area contributed by atoms with Gasteiger partial charge in [0.1, 0.15) is 6.42 Å². The number of nitrogens with one attached hydrogen (secondary N) is 2. The molecule has 0 saturated heterocycles. The highest BCUT2D eigenvalue weighted by Gasteiger charge is 2.11. The Balaban J connectivity index is 1.92. The number of carbonyl (C=O) groups is 2. The van der Waals surface area contributed by atoms with Crippen molar-refractivity contribution in [1.82, 2.24) is 0 Å². The molecule has 2 rings (SSSR count). The molecule has 0 fully saturated rings. The summed E-state index contributed by atoms with van der Waals surface area (Å²) in [5.41, 5.74) is 3.42. The molecule has 2 amide bonds. The Morgan fingerprint density at radius 1 is 0.955 bits per heavy atom. The summed E-state index contributed by atoms with van der Waals surface area (Å²) in [6.07, 6.45) is -0.219. The number of rotatable bonds is 4. The zero-order chi connectivity index (χ0) is 16.1. The number of anilines is 2. The molecule has 0 radical (unpaired) electrons. The minimum Gasteiger partial charge on any atom is -0.326 e. The maximum Gasteiger partial charge on any atom is 0.233 e. The minimum atomic E-state index is -0.342. The third-order valence-corrected chi connectivity index (χ3v) is 3.64. The highest BCUT2D eigenvalue weighted by atomic mass is 79.9. The molecular formula is C17H17BrN2O2. The van der Waals surface area contributed by atoms with Gasteiger partial charge in [0.25, 0.3) is 0 Å². The van der Waals surface area contributed by atoms with E-state index in [-0.39, 0.29) is 18.2 Å². The monoisotopic (exact) mass is 360 g/mol. The minimum absolute atomic E-state index is 0.219. The topological polar surface area (TPSA) is 58.2 Å². The van der Waals surface area contributed by atoms with Crippen molar-refractivity contribution >= 4 is 39.1 Å². The third kappa shape index (κ3) is 4.70. The van der Waals surface area contributed by atoms with Gasteiger partial charge in [0.2, 0.25) is 11.8 Å². The normalized spacial score (nSPS) is 10.1. The number of halogens is 1. The van der Waals surface area contributed by atoms with Gasteiger partial charge in [-0.05, 0) is 55.3 Å². The summed E-state index contributed by atoms with van der Waals surface area (Å²) in [5.74, 6) is -0.673. The highest BCUT2D eigenvalue weighted by Crippen LogP contribution is 2.17. The van der Waals surface area contributed by atoms with Crippen molar-refractivity contribution in [2.24, 2.45) is 0 Å². The molecule has 0 aromatic heterocycles. The lowest BCUT2D eigenvalue weighted by Crippen LogP contribution is -2.21. The van der Waals surface area contributed by atoms with Crippen LogP contribution in [0.25, 0.3) is 0 Å². The second-order valence-corrected chi connectivity index (χ2v) is 6.01. The molecule has 0 spiro atoms. The van der Waals surface area contributed by atoms with Crippen molar-refractivity contribution in [3.8, 4) is 0 Å². The summed E-state index contributed by atoms with van der Waals surface area (Å²) in [4.78, 5) is 23.8. The van der Waals surface area contributed by atoms with E-state index in [4.69, 9.17) is 0 Å². The molecule has 22 heavy (non-hydrogen) atoms. The predicted molar refractivity (Wildman–Crippen MR) is 91.9 cm³/mol. The van der Waals surface area contributed by atoms with Crippen LogP contribution in [0.2, 0.25) is 0 Å². The Morgan fingerprint density at radius 2 is 1.59 bits per heavy atom. The average molecular weight is 361 g/mol. The Labute approximate surface area is 138 Å². The summed E-state index contributed by atoms with van der Waals surface area (Å²) >= 11 is 3.32. The van der Waals surface area contributed by atoms with Gasteiger partial charge < -0.3 is 10.6 Å². The molecule has 0 aliphatic carbocycles. The van der Waals surface area contributed by atoms with Gasteiger partial charge in [-0.25, -0.2) is 0 Å². The SMILES string of the molecule is Cc1ccc(C)c(NC(=O)CC(=O)Nc2ccc(Br)cc2)c1. The van der Waals surface area contributed by atoms with Crippen LogP contribution in [0.1, 0.15) is 17.5 Å². The zero-order valence-electron chi connectivity index (χ0n) is 12.4. The standard InChI is InChI=1S/C17H17BrN2O2/c1-11-3-4-12(2)15(9-11)20-17(22)10-16(21)19-14-7-5-13(18)6-8-14/h3-9H,10H2,1-2H3,(H,19,21)(H,20,22). The van der Waals surface area contributed by atoms with E-state index >= 15 is 0 Å². The molecule has 2 aromatic carbocycles. The number of aryl methyl sites for hydroxylation is 2. The first kappa shape index (κ1) is 16.2. The zero-order valence-corrected chi connectivity index (χ0v) is 14.0.